The van der Waals surface area contributed by atoms with Gasteiger partial charge in [-0.3, -0.25) is 37.4 Å². The van der Waals surface area contributed by atoms with Gasteiger partial charge in [-0.2, -0.15) is 0 Å². The number of nitrogens with zero attached hydrogens (tertiary/aromatic N) is 4. The van der Waals surface area contributed by atoms with Gasteiger partial charge in [0.15, 0.2) is 0 Å². The van der Waals surface area contributed by atoms with Crippen molar-refractivity contribution in [1.82, 2.24) is 18.3 Å². The maximum absolute atomic E-state index is 12.6. The molecule has 2 aromatic heterocycles. The van der Waals surface area contributed by atoms with Crippen molar-refractivity contribution in [2.75, 3.05) is 0 Å². The summed E-state index contributed by atoms with van der Waals surface area (Å²) < 4.78 is 4.68. The molecular formula is C20H28N6O6. The standard InChI is InChI=1S/C20H28N6O6/c1-13-11-23(9-5-15(21)27)19(31)25(17(13)29)7-3-4-8-26-18(30)14(2)12-24(20(26)32)10-6-16(22)28/h11-12H,3-10H2,1-2H3,(H2,21,27)(H2,22,28). The van der Waals surface area contributed by atoms with E-state index in [0.29, 0.717) is 24.0 Å². The Morgan fingerprint density at radius 2 is 1.03 bits per heavy atom. The van der Waals surface area contributed by atoms with Gasteiger partial charge >= 0.3 is 11.4 Å². The van der Waals surface area contributed by atoms with E-state index in [1.807, 2.05) is 0 Å². The van der Waals surface area contributed by atoms with Gasteiger partial charge in [-0.1, -0.05) is 0 Å². The highest BCUT2D eigenvalue weighted by atomic mass is 16.2. The smallest absolute Gasteiger partial charge is 0.330 e. The average molecular weight is 448 g/mol. The van der Waals surface area contributed by atoms with E-state index in [0.717, 1.165) is 9.13 Å². The number of amides is 2. The first-order valence-electron chi connectivity index (χ1n) is 10.2. The summed E-state index contributed by atoms with van der Waals surface area (Å²) in [7, 11) is 0. The molecule has 0 saturated heterocycles. The van der Waals surface area contributed by atoms with Gasteiger partial charge < -0.3 is 11.5 Å². The predicted octanol–water partition coefficient (Wildman–Crippen LogP) is -1.82. The zero-order valence-corrected chi connectivity index (χ0v) is 18.2. The van der Waals surface area contributed by atoms with E-state index in [1.54, 1.807) is 13.8 Å². The third-order valence-corrected chi connectivity index (χ3v) is 5.03. The van der Waals surface area contributed by atoms with Gasteiger partial charge in [-0.15, -0.1) is 0 Å². The summed E-state index contributed by atoms with van der Waals surface area (Å²) in [4.78, 5) is 71.9. The molecule has 12 nitrogen and oxygen atoms in total. The Morgan fingerprint density at radius 3 is 1.34 bits per heavy atom. The van der Waals surface area contributed by atoms with Crippen LogP contribution in [0.5, 0.6) is 0 Å². The first-order valence-corrected chi connectivity index (χ1v) is 10.2. The van der Waals surface area contributed by atoms with Crippen molar-refractivity contribution in [1.29, 1.82) is 0 Å². The summed E-state index contributed by atoms with van der Waals surface area (Å²) in [6, 6.07) is 0. The number of nitrogens with two attached hydrogens (primary N) is 2. The SMILES string of the molecule is Cc1cn(CCC(N)=O)c(=O)n(CCCCn2c(=O)c(C)cn(CCC(N)=O)c2=O)c1=O. The fourth-order valence-electron chi connectivity index (χ4n) is 3.31. The molecule has 0 unspecified atom stereocenters. The summed E-state index contributed by atoms with van der Waals surface area (Å²) >= 11 is 0. The zero-order valence-electron chi connectivity index (χ0n) is 18.2. The molecule has 0 spiro atoms. The van der Waals surface area contributed by atoms with E-state index >= 15 is 0 Å². The van der Waals surface area contributed by atoms with Crippen LogP contribution < -0.4 is 34.0 Å². The lowest BCUT2D eigenvalue weighted by atomic mass is 10.2. The minimum atomic E-state index is -0.558. The largest absolute Gasteiger partial charge is 0.370 e. The summed E-state index contributed by atoms with van der Waals surface area (Å²) in [5.41, 5.74) is 8.97. The molecule has 0 fully saturated rings. The molecule has 12 heteroatoms. The van der Waals surface area contributed by atoms with E-state index in [2.05, 4.69) is 0 Å². The number of hydrogen-bond donors (Lipinski definition) is 2. The summed E-state index contributed by atoms with van der Waals surface area (Å²) in [6.45, 7) is 3.45. The van der Waals surface area contributed by atoms with Gasteiger partial charge in [0.2, 0.25) is 11.8 Å². The van der Waals surface area contributed by atoms with Gasteiger partial charge in [0.1, 0.15) is 0 Å². The van der Waals surface area contributed by atoms with E-state index in [-0.39, 0.29) is 39.0 Å². The average Bonchev–Trinajstić information content (AvgIpc) is 2.72. The number of aromatic nitrogens is 4. The molecule has 0 radical (unpaired) electrons. The van der Waals surface area contributed by atoms with Crippen molar-refractivity contribution < 1.29 is 9.59 Å². The molecule has 0 aliphatic heterocycles. The number of unbranched alkanes of at least 4 members (excludes halogenated alkanes) is 1. The molecule has 0 aliphatic rings. The van der Waals surface area contributed by atoms with Crippen LogP contribution >= 0.6 is 0 Å². The number of carbonyl (C=O) groups excluding carboxylic acids is 2. The van der Waals surface area contributed by atoms with Gasteiger partial charge in [-0.25, -0.2) is 9.59 Å². The Morgan fingerprint density at radius 1 is 0.688 bits per heavy atom. The van der Waals surface area contributed by atoms with Gasteiger partial charge in [0.25, 0.3) is 11.1 Å². The van der Waals surface area contributed by atoms with E-state index in [9.17, 15) is 28.8 Å². The second kappa shape index (κ2) is 10.6. The van der Waals surface area contributed by atoms with Crippen LogP contribution in [0.4, 0.5) is 0 Å². The van der Waals surface area contributed by atoms with Crippen molar-refractivity contribution in [3.63, 3.8) is 0 Å². The number of carbonyl (C=O) groups is 2. The molecule has 2 rings (SSSR count). The maximum atomic E-state index is 12.6. The fraction of sp³-hybridized carbons (Fsp3) is 0.500. The minimum Gasteiger partial charge on any atom is -0.370 e. The highest BCUT2D eigenvalue weighted by Gasteiger charge is 2.12. The molecule has 4 N–H and O–H groups in total. The Labute approximate surface area is 182 Å². The molecule has 0 aromatic carbocycles. The molecule has 0 saturated carbocycles. The van der Waals surface area contributed by atoms with Crippen LogP contribution in [0.3, 0.4) is 0 Å². The van der Waals surface area contributed by atoms with E-state index in [1.165, 1.54) is 21.5 Å². The molecule has 174 valence electrons. The Kier molecular flexibility index (Phi) is 8.10. The van der Waals surface area contributed by atoms with Crippen LogP contribution in [0.2, 0.25) is 0 Å². The van der Waals surface area contributed by atoms with Crippen LogP contribution in [0.1, 0.15) is 36.8 Å². The molecule has 2 heterocycles. The Bertz CT molecular complexity index is 1150. The molecule has 0 aliphatic carbocycles. The molecule has 2 amide bonds. The number of aryl methyl sites for hydroxylation is 4. The lowest BCUT2D eigenvalue weighted by Crippen LogP contribution is -2.42. The third-order valence-electron chi connectivity index (χ3n) is 5.03. The summed E-state index contributed by atoms with van der Waals surface area (Å²) in [5, 5.41) is 0. The highest BCUT2D eigenvalue weighted by Crippen LogP contribution is 1.97. The summed E-state index contributed by atoms with van der Waals surface area (Å²) in [5.74, 6) is -1.12. The van der Waals surface area contributed by atoms with E-state index < -0.39 is 34.3 Å². The van der Waals surface area contributed by atoms with Crippen molar-refractivity contribution in [3.05, 3.63) is 65.2 Å². The third kappa shape index (κ3) is 5.93. The van der Waals surface area contributed by atoms with Crippen molar-refractivity contribution in [3.8, 4) is 0 Å². The quantitative estimate of drug-likeness (QED) is 0.383. The molecule has 32 heavy (non-hydrogen) atoms. The summed E-state index contributed by atoms with van der Waals surface area (Å²) in [6.07, 6.45) is 3.44. The zero-order chi connectivity index (χ0) is 24.0. The number of primary amides is 2. The van der Waals surface area contributed by atoms with Crippen LogP contribution in [0.15, 0.2) is 31.6 Å². The Hall–Kier alpha value is -3.70. The lowest BCUT2D eigenvalue weighted by molar-refractivity contribution is -0.119. The normalized spacial score (nSPS) is 10.9. The first-order chi connectivity index (χ1) is 15.0. The van der Waals surface area contributed by atoms with E-state index in [4.69, 9.17) is 11.5 Å². The Balaban J connectivity index is 2.16. The lowest BCUT2D eigenvalue weighted by Gasteiger charge is -2.13. The van der Waals surface area contributed by atoms with Crippen molar-refractivity contribution >= 4 is 11.8 Å². The topological polar surface area (TPSA) is 174 Å². The predicted molar refractivity (Wildman–Crippen MR) is 116 cm³/mol. The number of hydrogen-bond acceptors (Lipinski definition) is 6. The van der Waals surface area contributed by atoms with Crippen LogP contribution in [-0.2, 0) is 35.8 Å². The van der Waals surface area contributed by atoms with Gasteiger partial charge in [-0.05, 0) is 26.7 Å². The van der Waals surface area contributed by atoms with Crippen LogP contribution in [0.25, 0.3) is 0 Å². The maximum Gasteiger partial charge on any atom is 0.330 e. The second-order valence-corrected chi connectivity index (χ2v) is 7.63. The first kappa shape index (κ1) is 24.6. The van der Waals surface area contributed by atoms with Crippen molar-refractivity contribution in [2.45, 2.75) is 65.7 Å². The van der Waals surface area contributed by atoms with Gasteiger partial charge in [0.05, 0.1) is 0 Å². The highest BCUT2D eigenvalue weighted by molar-refractivity contribution is 5.73. The minimum absolute atomic E-state index is 0.0319. The second-order valence-electron chi connectivity index (χ2n) is 7.63. The monoisotopic (exact) mass is 448 g/mol. The molecule has 0 atom stereocenters. The van der Waals surface area contributed by atoms with Crippen LogP contribution in [-0.4, -0.2) is 30.1 Å². The molecule has 2 aromatic rings. The molecular weight excluding hydrogens is 420 g/mol. The molecule has 0 bridgehead atoms. The number of rotatable bonds is 11. The van der Waals surface area contributed by atoms with Crippen molar-refractivity contribution in [2.24, 2.45) is 11.5 Å². The van der Waals surface area contributed by atoms with Crippen LogP contribution in [0, 0.1) is 13.8 Å². The fourth-order valence-corrected chi connectivity index (χ4v) is 3.31. The van der Waals surface area contributed by atoms with Gasteiger partial charge in [0, 0.05) is 62.5 Å².